The molecule has 1 aromatic carbocycles. The van der Waals surface area contributed by atoms with Crippen molar-refractivity contribution >= 4 is 39.0 Å². The third-order valence-electron chi connectivity index (χ3n) is 5.17. The van der Waals surface area contributed by atoms with Crippen LogP contribution in [-0.4, -0.2) is 62.4 Å². The van der Waals surface area contributed by atoms with E-state index in [1.54, 1.807) is 12.0 Å². The molecule has 1 N–H and O–H groups in total. The van der Waals surface area contributed by atoms with Gasteiger partial charge in [-0.25, -0.2) is 19.7 Å². The molecule has 1 saturated heterocycles. The highest BCUT2D eigenvalue weighted by Crippen LogP contribution is 2.26. The SMILES string of the molecule is COc1ccc(Cn2c(Br)nc3c(NC4CCN(C(=O)OC(C)(C)C)C4)ncnc32)cc1. The lowest BCUT2D eigenvalue weighted by molar-refractivity contribution is 0.0293. The van der Waals surface area contributed by atoms with Gasteiger partial charge in [-0.3, -0.25) is 4.57 Å². The van der Waals surface area contributed by atoms with Crippen molar-refractivity contribution in [2.75, 3.05) is 25.5 Å². The number of ether oxygens (including phenoxy) is 2. The van der Waals surface area contributed by atoms with E-state index in [0.717, 1.165) is 23.4 Å². The van der Waals surface area contributed by atoms with Gasteiger partial charge in [0.05, 0.1) is 13.7 Å². The quantitative estimate of drug-likeness (QED) is 0.525. The highest BCUT2D eigenvalue weighted by atomic mass is 79.9. The molecule has 1 fully saturated rings. The summed E-state index contributed by atoms with van der Waals surface area (Å²) < 4.78 is 13.4. The van der Waals surface area contributed by atoms with Crippen LogP contribution in [0, 0.1) is 0 Å². The van der Waals surface area contributed by atoms with Gasteiger partial charge in [0.15, 0.2) is 21.7 Å². The maximum Gasteiger partial charge on any atom is 0.410 e. The Morgan fingerprint density at radius 1 is 1.25 bits per heavy atom. The summed E-state index contributed by atoms with van der Waals surface area (Å²) in [5, 5.41) is 3.44. The van der Waals surface area contributed by atoms with Crippen LogP contribution in [0.25, 0.3) is 11.2 Å². The van der Waals surface area contributed by atoms with E-state index in [-0.39, 0.29) is 12.1 Å². The van der Waals surface area contributed by atoms with Crippen LogP contribution in [0.5, 0.6) is 5.75 Å². The minimum absolute atomic E-state index is 0.0612. The number of benzene rings is 1. The van der Waals surface area contributed by atoms with Crippen molar-refractivity contribution < 1.29 is 14.3 Å². The average Bonchev–Trinajstić information content (AvgIpc) is 3.33. The number of fused-ring (bicyclic) bond motifs is 1. The molecular formula is C22H27BrN6O3. The largest absolute Gasteiger partial charge is 0.497 e. The maximum atomic E-state index is 12.4. The Bertz CT molecular complexity index is 1110. The number of methoxy groups -OCH3 is 1. The van der Waals surface area contributed by atoms with Gasteiger partial charge in [-0.1, -0.05) is 12.1 Å². The van der Waals surface area contributed by atoms with Gasteiger partial charge in [-0.15, -0.1) is 0 Å². The highest BCUT2D eigenvalue weighted by Gasteiger charge is 2.30. The van der Waals surface area contributed by atoms with E-state index in [2.05, 4.69) is 36.2 Å². The zero-order chi connectivity index (χ0) is 22.9. The molecule has 0 radical (unpaired) electrons. The molecule has 1 atom stereocenters. The number of nitrogens with one attached hydrogen (secondary N) is 1. The zero-order valence-electron chi connectivity index (χ0n) is 18.6. The molecule has 2 aromatic heterocycles. The van der Waals surface area contributed by atoms with Gasteiger partial charge < -0.3 is 19.7 Å². The van der Waals surface area contributed by atoms with Crippen LogP contribution >= 0.6 is 15.9 Å². The summed E-state index contributed by atoms with van der Waals surface area (Å²) in [5.74, 6) is 1.47. The lowest BCUT2D eigenvalue weighted by Gasteiger charge is -2.24. The molecule has 1 aliphatic heterocycles. The van der Waals surface area contributed by atoms with Crippen molar-refractivity contribution in [1.29, 1.82) is 0 Å². The van der Waals surface area contributed by atoms with Crippen LogP contribution < -0.4 is 10.1 Å². The van der Waals surface area contributed by atoms with Crippen LogP contribution in [0.2, 0.25) is 0 Å². The van der Waals surface area contributed by atoms with Crippen molar-refractivity contribution in [2.24, 2.45) is 0 Å². The summed E-state index contributed by atoms with van der Waals surface area (Å²) in [7, 11) is 1.65. The van der Waals surface area contributed by atoms with Crippen LogP contribution in [-0.2, 0) is 11.3 Å². The minimum atomic E-state index is -0.510. The first-order chi connectivity index (χ1) is 15.2. The number of anilines is 1. The fourth-order valence-electron chi connectivity index (χ4n) is 3.63. The molecule has 0 spiro atoms. The number of aromatic nitrogens is 4. The molecule has 3 heterocycles. The summed E-state index contributed by atoms with van der Waals surface area (Å²) in [6.45, 7) is 7.40. The molecule has 170 valence electrons. The number of rotatable bonds is 5. The first-order valence-electron chi connectivity index (χ1n) is 10.5. The highest BCUT2D eigenvalue weighted by molar-refractivity contribution is 9.10. The predicted octanol–water partition coefficient (Wildman–Crippen LogP) is 4.07. The number of carbonyl (C=O) groups is 1. The van der Waals surface area contributed by atoms with E-state index >= 15 is 0 Å². The predicted molar refractivity (Wildman–Crippen MR) is 125 cm³/mol. The molecule has 1 unspecified atom stereocenters. The van der Waals surface area contributed by atoms with Crippen molar-refractivity contribution in [1.82, 2.24) is 24.4 Å². The van der Waals surface area contributed by atoms with Crippen LogP contribution in [0.3, 0.4) is 0 Å². The molecule has 0 saturated carbocycles. The maximum absolute atomic E-state index is 12.4. The molecule has 4 rings (SSSR count). The molecule has 9 nitrogen and oxygen atoms in total. The molecule has 3 aromatic rings. The zero-order valence-corrected chi connectivity index (χ0v) is 20.2. The third kappa shape index (κ3) is 4.95. The van der Waals surface area contributed by atoms with Gasteiger partial charge in [0.1, 0.15) is 17.7 Å². The summed E-state index contributed by atoms with van der Waals surface area (Å²) >= 11 is 3.56. The number of likely N-dealkylation sites (tertiary alicyclic amines) is 1. The van der Waals surface area contributed by atoms with Crippen LogP contribution in [0.15, 0.2) is 35.3 Å². The van der Waals surface area contributed by atoms with E-state index in [9.17, 15) is 4.79 Å². The Hall–Kier alpha value is -2.88. The number of hydrogen-bond donors (Lipinski definition) is 1. The Balaban J connectivity index is 1.50. The monoisotopic (exact) mass is 502 g/mol. The lowest BCUT2D eigenvalue weighted by atomic mass is 10.2. The third-order valence-corrected chi connectivity index (χ3v) is 5.77. The van der Waals surface area contributed by atoms with E-state index in [0.29, 0.717) is 35.7 Å². The second kappa shape index (κ2) is 8.93. The topological polar surface area (TPSA) is 94.4 Å². The molecule has 10 heteroatoms. The molecule has 1 aliphatic rings. The van der Waals surface area contributed by atoms with Gasteiger partial charge in [-0.2, -0.15) is 0 Å². The molecule has 0 aliphatic carbocycles. The first-order valence-corrected chi connectivity index (χ1v) is 11.3. The van der Waals surface area contributed by atoms with Crippen LogP contribution in [0.1, 0.15) is 32.8 Å². The van der Waals surface area contributed by atoms with Gasteiger partial charge in [0.25, 0.3) is 0 Å². The summed E-state index contributed by atoms with van der Waals surface area (Å²) in [6, 6.07) is 7.95. The van der Waals surface area contributed by atoms with Crippen molar-refractivity contribution in [3.05, 3.63) is 40.9 Å². The fraction of sp³-hybridized carbons (Fsp3) is 0.455. The summed E-state index contributed by atoms with van der Waals surface area (Å²) in [4.78, 5) is 27.6. The first kappa shape index (κ1) is 22.3. The number of imidazole rings is 1. The number of halogens is 1. The second-order valence-electron chi connectivity index (χ2n) is 8.77. The van der Waals surface area contributed by atoms with Crippen LogP contribution in [0.4, 0.5) is 10.6 Å². The van der Waals surface area contributed by atoms with E-state index < -0.39 is 5.60 Å². The minimum Gasteiger partial charge on any atom is -0.497 e. The molecule has 32 heavy (non-hydrogen) atoms. The van der Waals surface area contributed by atoms with Gasteiger partial charge >= 0.3 is 6.09 Å². The van der Waals surface area contributed by atoms with Crippen molar-refractivity contribution in [3.8, 4) is 5.75 Å². The van der Waals surface area contributed by atoms with Crippen molar-refractivity contribution in [2.45, 2.75) is 45.4 Å². The number of hydrogen-bond acceptors (Lipinski definition) is 7. The Morgan fingerprint density at radius 3 is 2.69 bits per heavy atom. The Morgan fingerprint density at radius 2 is 2.00 bits per heavy atom. The van der Waals surface area contributed by atoms with E-state index in [1.165, 1.54) is 6.33 Å². The summed E-state index contributed by atoms with van der Waals surface area (Å²) in [5.41, 5.74) is 2.00. The fourth-order valence-corrected chi connectivity index (χ4v) is 4.10. The molecule has 1 amide bonds. The second-order valence-corrected chi connectivity index (χ2v) is 9.48. The van der Waals surface area contributed by atoms with Crippen molar-refractivity contribution in [3.63, 3.8) is 0 Å². The van der Waals surface area contributed by atoms with Gasteiger partial charge in [0, 0.05) is 19.1 Å². The molecular weight excluding hydrogens is 476 g/mol. The van der Waals surface area contributed by atoms with Gasteiger partial charge in [0.2, 0.25) is 0 Å². The smallest absolute Gasteiger partial charge is 0.410 e. The normalized spacial score (nSPS) is 16.4. The standard InChI is InChI=1S/C22H27BrN6O3/c1-22(2,3)32-21(30)28-10-9-15(12-28)26-18-17-19(25-13-24-18)29(20(23)27-17)11-14-5-7-16(31-4)8-6-14/h5-8,13,15H,9-12H2,1-4H3,(H,24,25,26). The Labute approximate surface area is 195 Å². The number of carbonyl (C=O) groups excluding carboxylic acids is 1. The van der Waals surface area contributed by atoms with E-state index in [1.807, 2.05) is 49.6 Å². The number of amides is 1. The van der Waals surface area contributed by atoms with Gasteiger partial charge in [-0.05, 0) is 60.8 Å². The average molecular weight is 503 g/mol. The molecule has 0 bridgehead atoms. The number of nitrogens with zero attached hydrogens (tertiary/aromatic N) is 5. The van der Waals surface area contributed by atoms with E-state index in [4.69, 9.17) is 9.47 Å². The lowest BCUT2D eigenvalue weighted by Crippen LogP contribution is -2.36. The Kier molecular flexibility index (Phi) is 6.23. The summed E-state index contributed by atoms with van der Waals surface area (Å²) in [6.07, 6.45) is 2.05.